The highest BCUT2D eigenvalue weighted by Gasteiger charge is 2.20. The molecule has 0 amide bonds. The summed E-state index contributed by atoms with van der Waals surface area (Å²) in [6.07, 6.45) is -1.76. The predicted molar refractivity (Wildman–Crippen MR) is 44.7 cm³/mol. The molecule has 72 valence electrons. The molecule has 0 aromatic carbocycles. The van der Waals surface area contributed by atoms with Gasteiger partial charge in [-0.2, -0.15) is 4.39 Å². The van der Waals surface area contributed by atoms with Crippen LogP contribution < -0.4 is 5.73 Å². The van der Waals surface area contributed by atoms with Gasteiger partial charge in [-0.3, -0.25) is 0 Å². The van der Waals surface area contributed by atoms with E-state index >= 15 is 0 Å². The van der Waals surface area contributed by atoms with Crippen molar-refractivity contribution in [2.45, 2.75) is 13.0 Å². The van der Waals surface area contributed by atoms with E-state index in [-0.39, 0.29) is 11.0 Å². The van der Waals surface area contributed by atoms with Crippen molar-refractivity contribution in [2.75, 3.05) is 0 Å². The summed E-state index contributed by atoms with van der Waals surface area (Å²) < 4.78 is 37.3. The highest BCUT2D eigenvalue weighted by atomic mass is 79.9. The van der Waals surface area contributed by atoms with Crippen LogP contribution in [0.3, 0.4) is 0 Å². The van der Waals surface area contributed by atoms with Gasteiger partial charge < -0.3 is 5.73 Å². The molecule has 2 nitrogen and oxygen atoms in total. The number of hydrogen-bond acceptors (Lipinski definition) is 2. The van der Waals surface area contributed by atoms with Gasteiger partial charge in [-0.05, 0) is 21.5 Å². The first-order valence-electron chi connectivity index (χ1n) is 3.39. The van der Waals surface area contributed by atoms with Crippen LogP contribution in [0.15, 0.2) is 10.7 Å². The fourth-order valence-electron chi connectivity index (χ4n) is 0.852. The summed E-state index contributed by atoms with van der Waals surface area (Å²) in [7, 11) is 0. The maximum Gasteiger partial charge on any atom is 0.269 e. The number of rotatable bonds is 2. The number of pyridine rings is 1. The monoisotopic (exact) mass is 254 g/mol. The standard InChI is InChI=1S/C7H6BrF3N2/c8-5-3(1-12)2-13-7(11)4(5)6(9)10/h2,6H,1,12H2. The summed E-state index contributed by atoms with van der Waals surface area (Å²) in [5, 5.41) is 0. The van der Waals surface area contributed by atoms with E-state index in [1.165, 1.54) is 0 Å². The topological polar surface area (TPSA) is 38.9 Å². The molecule has 0 spiro atoms. The molecule has 0 bridgehead atoms. The molecule has 0 unspecified atom stereocenters. The van der Waals surface area contributed by atoms with Crippen LogP contribution in [-0.4, -0.2) is 4.98 Å². The number of nitrogens with zero attached hydrogens (tertiary/aromatic N) is 1. The van der Waals surface area contributed by atoms with Crippen molar-refractivity contribution in [3.8, 4) is 0 Å². The van der Waals surface area contributed by atoms with E-state index in [4.69, 9.17) is 5.73 Å². The quantitative estimate of drug-likeness (QED) is 0.824. The molecule has 0 saturated heterocycles. The van der Waals surface area contributed by atoms with Gasteiger partial charge in [0.05, 0.1) is 5.56 Å². The Balaban J connectivity index is 3.30. The van der Waals surface area contributed by atoms with E-state index in [0.717, 1.165) is 6.20 Å². The van der Waals surface area contributed by atoms with Crippen molar-refractivity contribution in [3.63, 3.8) is 0 Å². The second-order valence-corrected chi connectivity index (χ2v) is 3.10. The van der Waals surface area contributed by atoms with Gasteiger partial charge in [0, 0.05) is 17.2 Å². The Morgan fingerprint density at radius 3 is 2.62 bits per heavy atom. The van der Waals surface area contributed by atoms with Crippen molar-refractivity contribution in [3.05, 3.63) is 27.7 Å². The zero-order valence-electron chi connectivity index (χ0n) is 6.40. The highest BCUT2D eigenvalue weighted by molar-refractivity contribution is 9.10. The van der Waals surface area contributed by atoms with Gasteiger partial charge in [-0.15, -0.1) is 0 Å². The van der Waals surface area contributed by atoms with E-state index in [1.807, 2.05) is 0 Å². The minimum Gasteiger partial charge on any atom is -0.326 e. The SMILES string of the molecule is NCc1cnc(F)c(C(F)F)c1Br. The summed E-state index contributed by atoms with van der Waals surface area (Å²) in [4.78, 5) is 3.18. The molecule has 0 aliphatic rings. The first-order valence-corrected chi connectivity index (χ1v) is 4.18. The molecule has 0 fully saturated rings. The second kappa shape index (κ2) is 4.06. The minimum absolute atomic E-state index is 0.00231. The van der Waals surface area contributed by atoms with Crippen molar-refractivity contribution < 1.29 is 13.2 Å². The van der Waals surface area contributed by atoms with Crippen molar-refractivity contribution in [1.29, 1.82) is 0 Å². The third kappa shape index (κ3) is 2.00. The highest BCUT2D eigenvalue weighted by Crippen LogP contribution is 2.30. The summed E-state index contributed by atoms with van der Waals surface area (Å²) in [5.74, 6) is -1.17. The molecule has 2 N–H and O–H groups in total. The fourth-order valence-corrected chi connectivity index (χ4v) is 1.45. The number of halogens is 4. The van der Waals surface area contributed by atoms with Gasteiger partial charge in [0.1, 0.15) is 0 Å². The molecule has 0 atom stereocenters. The van der Waals surface area contributed by atoms with Crippen LogP contribution in [0, 0.1) is 5.95 Å². The van der Waals surface area contributed by atoms with Crippen molar-refractivity contribution in [1.82, 2.24) is 4.98 Å². The van der Waals surface area contributed by atoms with Crippen LogP contribution in [0.25, 0.3) is 0 Å². The van der Waals surface area contributed by atoms with E-state index in [2.05, 4.69) is 20.9 Å². The second-order valence-electron chi connectivity index (χ2n) is 2.31. The Labute approximate surface area is 81.1 Å². The zero-order valence-corrected chi connectivity index (χ0v) is 7.98. The van der Waals surface area contributed by atoms with E-state index < -0.39 is 17.9 Å². The van der Waals surface area contributed by atoms with Gasteiger partial charge in [0.2, 0.25) is 5.95 Å². The first kappa shape index (κ1) is 10.5. The van der Waals surface area contributed by atoms with E-state index in [9.17, 15) is 13.2 Å². The Morgan fingerprint density at radius 1 is 1.54 bits per heavy atom. The molecule has 1 aromatic rings. The van der Waals surface area contributed by atoms with Crippen LogP contribution in [0.1, 0.15) is 17.6 Å². The van der Waals surface area contributed by atoms with Crippen molar-refractivity contribution in [2.24, 2.45) is 5.73 Å². The van der Waals surface area contributed by atoms with Gasteiger partial charge in [-0.1, -0.05) is 0 Å². The minimum atomic E-state index is -2.90. The summed E-state index contributed by atoms with van der Waals surface area (Å²) in [6, 6.07) is 0. The molecule has 0 aliphatic carbocycles. The van der Waals surface area contributed by atoms with Gasteiger partial charge >= 0.3 is 0 Å². The summed E-state index contributed by atoms with van der Waals surface area (Å²) >= 11 is 2.85. The van der Waals surface area contributed by atoms with Gasteiger partial charge in [0.25, 0.3) is 6.43 Å². The molecule has 0 radical (unpaired) electrons. The normalized spacial score (nSPS) is 10.9. The van der Waals surface area contributed by atoms with E-state index in [1.54, 1.807) is 0 Å². The predicted octanol–water partition coefficient (Wildman–Crippen LogP) is 2.38. The lowest BCUT2D eigenvalue weighted by Crippen LogP contribution is -2.04. The number of hydrogen-bond donors (Lipinski definition) is 1. The third-order valence-corrected chi connectivity index (χ3v) is 2.45. The molecule has 0 saturated carbocycles. The van der Waals surface area contributed by atoms with Crippen LogP contribution in [0.2, 0.25) is 0 Å². The maximum atomic E-state index is 12.8. The fraction of sp³-hybridized carbons (Fsp3) is 0.286. The van der Waals surface area contributed by atoms with Gasteiger partial charge in [-0.25, -0.2) is 13.8 Å². The molecular weight excluding hydrogens is 249 g/mol. The third-order valence-electron chi connectivity index (χ3n) is 1.51. The molecular formula is C7H6BrF3N2. The lowest BCUT2D eigenvalue weighted by molar-refractivity contribution is 0.144. The number of alkyl halides is 2. The maximum absolute atomic E-state index is 12.8. The summed E-state index contributed by atoms with van der Waals surface area (Å²) in [6.45, 7) is 0.0353. The Bertz CT molecular complexity index is 317. The molecule has 1 aromatic heterocycles. The largest absolute Gasteiger partial charge is 0.326 e. The molecule has 1 rings (SSSR count). The smallest absolute Gasteiger partial charge is 0.269 e. The lowest BCUT2D eigenvalue weighted by atomic mass is 10.2. The average Bonchev–Trinajstić information content (AvgIpc) is 2.04. The van der Waals surface area contributed by atoms with Crippen LogP contribution in [0.5, 0.6) is 0 Å². The van der Waals surface area contributed by atoms with Crippen LogP contribution in [-0.2, 0) is 6.54 Å². The number of aromatic nitrogens is 1. The Kier molecular flexibility index (Phi) is 3.27. The average molecular weight is 255 g/mol. The van der Waals surface area contributed by atoms with Crippen LogP contribution in [0.4, 0.5) is 13.2 Å². The first-order chi connectivity index (χ1) is 6.07. The van der Waals surface area contributed by atoms with Crippen molar-refractivity contribution >= 4 is 15.9 Å². The molecule has 6 heteroatoms. The molecule has 1 heterocycles. The van der Waals surface area contributed by atoms with E-state index in [0.29, 0.717) is 5.56 Å². The Morgan fingerprint density at radius 2 is 2.15 bits per heavy atom. The van der Waals surface area contributed by atoms with Gasteiger partial charge in [0.15, 0.2) is 0 Å². The Hall–Kier alpha value is -0.620. The number of nitrogens with two attached hydrogens (primary N) is 1. The van der Waals surface area contributed by atoms with Crippen LogP contribution >= 0.6 is 15.9 Å². The summed E-state index contributed by atoms with van der Waals surface area (Å²) in [5.41, 5.74) is 4.86. The zero-order chi connectivity index (χ0) is 10.0. The lowest BCUT2D eigenvalue weighted by Gasteiger charge is -2.07. The molecule has 13 heavy (non-hydrogen) atoms. The molecule has 0 aliphatic heterocycles.